The molecule has 2 rings (SSSR count). The number of nitrogens with one attached hydrogen (secondary N) is 1. The first-order chi connectivity index (χ1) is 9.11. The van der Waals surface area contributed by atoms with E-state index in [1.807, 2.05) is 26.0 Å². The standard InChI is InChI=1S/C15H19FN2O/c1-3-5-11(19)9-17-14-8-10(2)18-15-12(14)6-4-7-13(15)16/h4,6-8,11,19H,3,5,9H2,1-2H3,(H,17,18). The van der Waals surface area contributed by atoms with Crippen LogP contribution in [0.2, 0.25) is 0 Å². The smallest absolute Gasteiger partial charge is 0.149 e. The molecule has 1 heterocycles. The van der Waals surface area contributed by atoms with Gasteiger partial charge in [0.15, 0.2) is 0 Å². The van der Waals surface area contributed by atoms with Crippen molar-refractivity contribution in [1.29, 1.82) is 0 Å². The number of hydrogen-bond acceptors (Lipinski definition) is 3. The van der Waals surface area contributed by atoms with Gasteiger partial charge in [0.25, 0.3) is 0 Å². The van der Waals surface area contributed by atoms with E-state index in [9.17, 15) is 9.50 Å². The van der Waals surface area contributed by atoms with Gasteiger partial charge in [0.05, 0.1) is 6.10 Å². The quantitative estimate of drug-likeness (QED) is 0.869. The second-order valence-electron chi connectivity index (χ2n) is 4.77. The predicted octanol–water partition coefficient (Wildman–Crippen LogP) is 3.26. The Morgan fingerprint density at radius 3 is 2.95 bits per heavy atom. The minimum absolute atomic E-state index is 0.321. The summed E-state index contributed by atoms with van der Waals surface area (Å²) in [5.41, 5.74) is 1.94. The summed E-state index contributed by atoms with van der Waals surface area (Å²) in [6.45, 7) is 4.33. The van der Waals surface area contributed by atoms with Crippen molar-refractivity contribution in [2.24, 2.45) is 0 Å². The van der Waals surface area contributed by atoms with Crippen LogP contribution >= 0.6 is 0 Å². The van der Waals surface area contributed by atoms with E-state index in [1.165, 1.54) is 6.07 Å². The van der Waals surface area contributed by atoms with E-state index in [4.69, 9.17) is 0 Å². The van der Waals surface area contributed by atoms with Crippen molar-refractivity contribution < 1.29 is 9.50 Å². The first-order valence-electron chi connectivity index (χ1n) is 6.59. The van der Waals surface area contributed by atoms with Crippen molar-refractivity contribution in [2.75, 3.05) is 11.9 Å². The molecule has 0 amide bonds. The van der Waals surface area contributed by atoms with E-state index in [0.29, 0.717) is 12.1 Å². The molecule has 102 valence electrons. The number of anilines is 1. The number of hydrogen-bond donors (Lipinski definition) is 2. The number of aromatic nitrogens is 1. The van der Waals surface area contributed by atoms with Gasteiger partial charge in [-0.05, 0) is 25.5 Å². The van der Waals surface area contributed by atoms with Gasteiger partial charge >= 0.3 is 0 Å². The van der Waals surface area contributed by atoms with Crippen molar-refractivity contribution in [3.8, 4) is 0 Å². The van der Waals surface area contributed by atoms with Crippen molar-refractivity contribution in [3.63, 3.8) is 0 Å². The molecule has 0 fully saturated rings. The normalized spacial score (nSPS) is 12.6. The van der Waals surface area contributed by atoms with Crippen LogP contribution in [0.25, 0.3) is 10.9 Å². The fourth-order valence-corrected chi connectivity index (χ4v) is 2.15. The maximum absolute atomic E-state index is 13.7. The van der Waals surface area contributed by atoms with Crippen molar-refractivity contribution in [1.82, 2.24) is 4.98 Å². The molecule has 1 aromatic carbocycles. The lowest BCUT2D eigenvalue weighted by Gasteiger charge is -2.14. The minimum atomic E-state index is -0.387. The van der Waals surface area contributed by atoms with Gasteiger partial charge in [-0.3, -0.25) is 0 Å². The number of aliphatic hydroxyl groups excluding tert-OH is 1. The van der Waals surface area contributed by atoms with Crippen LogP contribution in [-0.4, -0.2) is 22.7 Å². The van der Waals surface area contributed by atoms with Crippen LogP contribution in [0.1, 0.15) is 25.5 Å². The minimum Gasteiger partial charge on any atom is -0.391 e. The van der Waals surface area contributed by atoms with E-state index >= 15 is 0 Å². The number of para-hydroxylation sites is 1. The van der Waals surface area contributed by atoms with Crippen molar-refractivity contribution in [2.45, 2.75) is 32.8 Å². The maximum Gasteiger partial charge on any atom is 0.149 e. The second-order valence-corrected chi connectivity index (χ2v) is 4.77. The summed E-state index contributed by atoms with van der Waals surface area (Å²) in [4.78, 5) is 4.22. The Bertz CT molecular complexity index is 571. The number of aliphatic hydroxyl groups is 1. The largest absolute Gasteiger partial charge is 0.391 e. The Morgan fingerprint density at radius 1 is 1.42 bits per heavy atom. The third-order valence-electron chi connectivity index (χ3n) is 3.07. The van der Waals surface area contributed by atoms with Crippen LogP contribution in [0.15, 0.2) is 24.3 Å². The highest BCUT2D eigenvalue weighted by Crippen LogP contribution is 2.25. The van der Waals surface area contributed by atoms with Gasteiger partial charge in [-0.25, -0.2) is 9.37 Å². The molecule has 4 heteroatoms. The van der Waals surface area contributed by atoms with Gasteiger partial charge in [0.1, 0.15) is 11.3 Å². The molecule has 0 saturated carbocycles. The molecule has 0 radical (unpaired) electrons. The van der Waals surface area contributed by atoms with E-state index < -0.39 is 0 Å². The number of fused-ring (bicyclic) bond motifs is 1. The van der Waals surface area contributed by atoms with E-state index in [1.54, 1.807) is 6.07 Å². The molecule has 0 aliphatic carbocycles. The average molecular weight is 262 g/mol. The third kappa shape index (κ3) is 3.20. The van der Waals surface area contributed by atoms with Gasteiger partial charge in [0.2, 0.25) is 0 Å². The fourth-order valence-electron chi connectivity index (χ4n) is 2.15. The summed E-state index contributed by atoms with van der Waals surface area (Å²) in [5, 5.41) is 13.7. The first-order valence-corrected chi connectivity index (χ1v) is 6.59. The number of nitrogens with zero attached hydrogens (tertiary/aromatic N) is 1. The van der Waals surface area contributed by atoms with E-state index in [-0.39, 0.29) is 11.9 Å². The lowest BCUT2D eigenvalue weighted by molar-refractivity contribution is 0.176. The molecule has 0 aliphatic heterocycles. The van der Waals surface area contributed by atoms with Crippen LogP contribution in [0.4, 0.5) is 10.1 Å². The monoisotopic (exact) mass is 262 g/mol. The van der Waals surface area contributed by atoms with Crippen LogP contribution in [0.3, 0.4) is 0 Å². The molecular formula is C15H19FN2O. The predicted molar refractivity (Wildman–Crippen MR) is 75.8 cm³/mol. The Kier molecular flexibility index (Phi) is 4.32. The molecule has 0 aliphatic rings. The van der Waals surface area contributed by atoms with Gasteiger partial charge in [-0.2, -0.15) is 0 Å². The summed E-state index contributed by atoms with van der Waals surface area (Å²) in [6.07, 6.45) is 1.30. The molecule has 1 atom stereocenters. The summed E-state index contributed by atoms with van der Waals surface area (Å²) in [6, 6.07) is 6.78. The molecule has 3 nitrogen and oxygen atoms in total. The average Bonchev–Trinajstić information content (AvgIpc) is 2.37. The van der Waals surface area contributed by atoms with Gasteiger partial charge in [-0.1, -0.05) is 25.5 Å². The zero-order valence-electron chi connectivity index (χ0n) is 11.3. The first kappa shape index (κ1) is 13.7. The molecule has 2 aromatic rings. The van der Waals surface area contributed by atoms with Gasteiger partial charge in [-0.15, -0.1) is 0 Å². The Morgan fingerprint density at radius 2 is 2.21 bits per heavy atom. The number of halogens is 1. The molecular weight excluding hydrogens is 243 g/mol. The Hall–Kier alpha value is -1.68. The molecule has 19 heavy (non-hydrogen) atoms. The number of benzene rings is 1. The van der Waals surface area contributed by atoms with Crippen molar-refractivity contribution in [3.05, 3.63) is 35.8 Å². The highest BCUT2D eigenvalue weighted by Gasteiger charge is 2.09. The van der Waals surface area contributed by atoms with Crippen LogP contribution in [-0.2, 0) is 0 Å². The lowest BCUT2D eigenvalue weighted by Crippen LogP contribution is -2.19. The Labute approximate surface area is 112 Å². The summed E-state index contributed by atoms with van der Waals surface area (Å²) in [5.74, 6) is -0.321. The molecule has 0 spiro atoms. The van der Waals surface area contributed by atoms with Crippen LogP contribution in [0.5, 0.6) is 0 Å². The maximum atomic E-state index is 13.7. The molecule has 1 unspecified atom stereocenters. The summed E-state index contributed by atoms with van der Waals surface area (Å²) in [7, 11) is 0. The molecule has 1 aromatic heterocycles. The number of pyridine rings is 1. The van der Waals surface area contributed by atoms with E-state index in [2.05, 4.69) is 10.3 Å². The number of aryl methyl sites for hydroxylation is 1. The van der Waals surface area contributed by atoms with Crippen molar-refractivity contribution >= 4 is 16.6 Å². The third-order valence-corrected chi connectivity index (χ3v) is 3.07. The lowest BCUT2D eigenvalue weighted by atomic mass is 10.1. The highest BCUT2D eigenvalue weighted by atomic mass is 19.1. The van der Waals surface area contributed by atoms with Crippen LogP contribution in [0, 0.1) is 12.7 Å². The summed E-state index contributed by atoms with van der Waals surface area (Å²) < 4.78 is 13.7. The molecule has 0 bridgehead atoms. The Balaban J connectivity index is 2.29. The zero-order valence-corrected chi connectivity index (χ0v) is 11.3. The van der Waals surface area contributed by atoms with Crippen LogP contribution < -0.4 is 5.32 Å². The van der Waals surface area contributed by atoms with E-state index in [0.717, 1.165) is 29.6 Å². The molecule has 2 N–H and O–H groups in total. The van der Waals surface area contributed by atoms with Gasteiger partial charge < -0.3 is 10.4 Å². The SMILES string of the molecule is CCCC(O)CNc1cc(C)nc2c(F)cccc12. The fraction of sp³-hybridized carbons (Fsp3) is 0.400. The second kappa shape index (κ2) is 5.97. The highest BCUT2D eigenvalue weighted by molar-refractivity contribution is 5.91. The topological polar surface area (TPSA) is 45.1 Å². The summed E-state index contributed by atoms with van der Waals surface area (Å²) >= 11 is 0. The van der Waals surface area contributed by atoms with Gasteiger partial charge in [0, 0.05) is 23.3 Å². The zero-order chi connectivity index (χ0) is 13.8. The number of rotatable bonds is 5. The molecule has 0 saturated heterocycles.